The molecule has 2 aromatic carbocycles. The van der Waals surface area contributed by atoms with E-state index in [1.165, 1.54) is 30.5 Å². The Kier molecular flexibility index (Phi) is 11.1. The molecule has 10 nitrogen and oxygen atoms in total. The summed E-state index contributed by atoms with van der Waals surface area (Å²) in [5, 5.41) is 9.05. The Bertz CT molecular complexity index is 1260. The van der Waals surface area contributed by atoms with Crippen LogP contribution in [0.3, 0.4) is 0 Å². The summed E-state index contributed by atoms with van der Waals surface area (Å²) in [7, 11) is 3.14. The van der Waals surface area contributed by atoms with Gasteiger partial charge in [0.05, 0.1) is 32.1 Å². The van der Waals surface area contributed by atoms with E-state index in [0.717, 1.165) is 12.8 Å². The average Bonchev–Trinajstić information content (AvgIpc) is 3.37. The number of hydrogen-bond donors (Lipinski definition) is 0. The summed E-state index contributed by atoms with van der Waals surface area (Å²) in [6, 6.07) is 8.43. The second kappa shape index (κ2) is 14.8. The van der Waals surface area contributed by atoms with Crippen molar-refractivity contribution in [1.82, 2.24) is 15.0 Å². The van der Waals surface area contributed by atoms with Gasteiger partial charge >= 0.3 is 11.9 Å². The molecule has 0 atom stereocenters. The summed E-state index contributed by atoms with van der Waals surface area (Å²) in [6.45, 7) is 7.69. The number of fused-ring (bicyclic) bond motifs is 1. The lowest BCUT2D eigenvalue weighted by Gasteiger charge is -2.15. The van der Waals surface area contributed by atoms with E-state index < -0.39 is 11.9 Å². The van der Waals surface area contributed by atoms with Crippen molar-refractivity contribution < 1.29 is 33.3 Å². The molecule has 0 saturated heterocycles. The second-order valence-corrected chi connectivity index (χ2v) is 9.04. The van der Waals surface area contributed by atoms with Crippen molar-refractivity contribution in [3.63, 3.8) is 0 Å². The fraction of sp³-hybridized carbons (Fsp3) is 0.448. The van der Waals surface area contributed by atoms with Gasteiger partial charge in [0.2, 0.25) is 5.75 Å². The van der Waals surface area contributed by atoms with E-state index in [4.69, 9.17) is 23.7 Å². The molecule has 0 aliphatic carbocycles. The highest BCUT2D eigenvalue weighted by molar-refractivity contribution is 5.93. The number of unbranched alkanes of at least 4 members (excludes halogenated alkanes) is 5. The summed E-state index contributed by atoms with van der Waals surface area (Å²) < 4.78 is 27.3. The monoisotopic (exact) mass is 539 g/mol. The van der Waals surface area contributed by atoms with E-state index in [1.807, 2.05) is 0 Å². The van der Waals surface area contributed by atoms with Gasteiger partial charge in [-0.15, -0.1) is 10.2 Å². The van der Waals surface area contributed by atoms with Crippen molar-refractivity contribution in [2.24, 2.45) is 0 Å². The smallest absolute Gasteiger partial charge is 0.338 e. The molecule has 0 aliphatic heterocycles. The van der Waals surface area contributed by atoms with Crippen LogP contribution in [-0.2, 0) is 14.3 Å². The number of carbonyl (C=O) groups excluding carboxylic acids is 2. The highest BCUT2D eigenvalue weighted by atomic mass is 16.6. The van der Waals surface area contributed by atoms with Gasteiger partial charge in [-0.3, -0.25) is 0 Å². The van der Waals surface area contributed by atoms with E-state index in [0.29, 0.717) is 46.1 Å². The second-order valence-electron chi connectivity index (χ2n) is 9.04. The van der Waals surface area contributed by atoms with Crippen LogP contribution in [0.1, 0.15) is 62.7 Å². The molecule has 1 aromatic heterocycles. The summed E-state index contributed by atoms with van der Waals surface area (Å²) in [5.41, 5.74) is 2.27. The number of nitrogens with zero attached hydrogens (tertiary/aromatic N) is 3. The van der Waals surface area contributed by atoms with Crippen LogP contribution < -0.4 is 14.2 Å². The van der Waals surface area contributed by atoms with Crippen LogP contribution in [0.25, 0.3) is 16.7 Å². The third-order valence-electron chi connectivity index (χ3n) is 5.93. The van der Waals surface area contributed by atoms with Crippen molar-refractivity contribution in [2.45, 2.75) is 52.4 Å². The number of ether oxygens (including phenoxy) is 5. The summed E-state index contributed by atoms with van der Waals surface area (Å²) in [5.74, 6) is 0.456. The Labute approximate surface area is 228 Å². The van der Waals surface area contributed by atoms with E-state index >= 15 is 0 Å². The normalized spacial score (nSPS) is 10.8. The van der Waals surface area contributed by atoms with E-state index in [2.05, 4.69) is 23.7 Å². The number of esters is 2. The minimum absolute atomic E-state index is 0.0573. The minimum atomic E-state index is -0.562. The first-order valence-corrected chi connectivity index (χ1v) is 13.1. The number of benzene rings is 2. The first-order valence-electron chi connectivity index (χ1n) is 13.1. The number of aromatic nitrogens is 3. The summed E-state index contributed by atoms with van der Waals surface area (Å²) in [6.07, 6.45) is 7.01. The van der Waals surface area contributed by atoms with Gasteiger partial charge in [-0.1, -0.05) is 45.6 Å². The molecule has 10 heteroatoms. The van der Waals surface area contributed by atoms with Crippen LogP contribution in [0.5, 0.6) is 17.2 Å². The Morgan fingerprint density at radius 1 is 0.846 bits per heavy atom. The SMILES string of the molecule is C=C(C)C(=O)OCCOC(=O)c1ccc2nn(-c3cc(OC)c(OCCCCCCCC)c(OC)c3)nc2c1. The van der Waals surface area contributed by atoms with Gasteiger partial charge in [0.1, 0.15) is 24.2 Å². The Morgan fingerprint density at radius 2 is 1.49 bits per heavy atom. The molecular weight excluding hydrogens is 502 g/mol. The molecule has 39 heavy (non-hydrogen) atoms. The van der Waals surface area contributed by atoms with E-state index in [9.17, 15) is 9.59 Å². The van der Waals surface area contributed by atoms with Gasteiger partial charge in [0.15, 0.2) is 11.5 Å². The van der Waals surface area contributed by atoms with Gasteiger partial charge in [-0.2, -0.15) is 4.80 Å². The first-order chi connectivity index (χ1) is 18.9. The molecule has 0 fully saturated rings. The maximum Gasteiger partial charge on any atom is 0.338 e. The van der Waals surface area contributed by atoms with Gasteiger partial charge in [0.25, 0.3) is 0 Å². The molecule has 0 saturated carbocycles. The van der Waals surface area contributed by atoms with Gasteiger partial charge in [0, 0.05) is 17.7 Å². The topological polar surface area (TPSA) is 111 Å². The van der Waals surface area contributed by atoms with Crippen molar-refractivity contribution >= 4 is 23.0 Å². The predicted octanol–water partition coefficient (Wildman–Crippen LogP) is 5.45. The fourth-order valence-corrected chi connectivity index (χ4v) is 3.81. The molecule has 0 bridgehead atoms. The van der Waals surface area contributed by atoms with Crippen molar-refractivity contribution in [1.29, 1.82) is 0 Å². The highest BCUT2D eigenvalue weighted by Gasteiger charge is 2.18. The molecule has 0 aliphatic rings. The molecular formula is C29H37N3O7. The zero-order valence-corrected chi connectivity index (χ0v) is 23.2. The lowest BCUT2D eigenvalue weighted by molar-refractivity contribution is -0.140. The molecule has 0 amide bonds. The van der Waals surface area contributed by atoms with Gasteiger partial charge in [-0.05, 0) is 31.5 Å². The Morgan fingerprint density at radius 3 is 2.15 bits per heavy atom. The van der Waals surface area contributed by atoms with Gasteiger partial charge in [-0.25, -0.2) is 9.59 Å². The van der Waals surface area contributed by atoms with Crippen LogP contribution in [0.2, 0.25) is 0 Å². The fourth-order valence-electron chi connectivity index (χ4n) is 3.81. The zero-order valence-electron chi connectivity index (χ0n) is 23.2. The quantitative estimate of drug-likeness (QED) is 0.133. The zero-order chi connectivity index (χ0) is 28.2. The highest BCUT2D eigenvalue weighted by Crippen LogP contribution is 2.39. The predicted molar refractivity (Wildman–Crippen MR) is 147 cm³/mol. The largest absolute Gasteiger partial charge is 0.493 e. The lowest BCUT2D eigenvalue weighted by atomic mass is 10.1. The van der Waals surface area contributed by atoms with E-state index in [1.54, 1.807) is 51.5 Å². The molecule has 1 heterocycles. The molecule has 3 aromatic rings. The maximum absolute atomic E-state index is 12.4. The third-order valence-corrected chi connectivity index (χ3v) is 5.93. The van der Waals surface area contributed by atoms with Gasteiger partial charge < -0.3 is 23.7 Å². The van der Waals surface area contributed by atoms with E-state index in [-0.39, 0.29) is 18.8 Å². The number of hydrogen-bond acceptors (Lipinski definition) is 9. The molecule has 3 rings (SSSR count). The van der Waals surface area contributed by atoms with Crippen LogP contribution >= 0.6 is 0 Å². The lowest BCUT2D eigenvalue weighted by Crippen LogP contribution is -2.14. The van der Waals surface area contributed by atoms with Crippen molar-refractivity contribution in [3.8, 4) is 22.9 Å². The van der Waals surface area contributed by atoms with Crippen LogP contribution in [0.15, 0.2) is 42.5 Å². The molecule has 0 N–H and O–H groups in total. The molecule has 210 valence electrons. The third kappa shape index (κ3) is 8.20. The molecule has 0 spiro atoms. The minimum Gasteiger partial charge on any atom is -0.493 e. The average molecular weight is 540 g/mol. The Hall–Kier alpha value is -4.08. The number of rotatable bonds is 16. The van der Waals surface area contributed by atoms with Crippen LogP contribution in [0, 0.1) is 0 Å². The van der Waals surface area contributed by atoms with Crippen molar-refractivity contribution in [2.75, 3.05) is 34.0 Å². The van der Waals surface area contributed by atoms with Crippen LogP contribution in [-0.4, -0.2) is 61.0 Å². The summed E-state index contributed by atoms with van der Waals surface area (Å²) >= 11 is 0. The summed E-state index contributed by atoms with van der Waals surface area (Å²) in [4.78, 5) is 25.3. The Balaban J connectivity index is 1.69. The van der Waals surface area contributed by atoms with Crippen molar-refractivity contribution in [3.05, 3.63) is 48.0 Å². The number of carbonyl (C=O) groups is 2. The molecule has 0 radical (unpaired) electrons. The standard InChI is InChI=1S/C29H37N3O7/c1-6-7-8-9-10-11-14-37-27-25(35-4)18-22(19-26(27)36-5)32-30-23-13-12-21(17-24(23)31-32)29(34)39-16-15-38-28(33)20(2)3/h12-13,17-19H,2,6-11,14-16H2,1,3-5H3. The first kappa shape index (κ1) is 29.5. The maximum atomic E-state index is 12.4. The number of methoxy groups -OCH3 is 2. The molecule has 0 unspecified atom stereocenters. The van der Waals surface area contributed by atoms with Crippen LogP contribution in [0.4, 0.5) is 0 Å².